The Morgan fingerprint density at radius 2 is 2.09 bits per heavy atom. The smallest absolute Gasteiger partial charge is 0.362 e. The van der Waals surface area contributed by atoms with Crippen molar-refractivity contribution in [1.29, 1.82) is 0 Å². The maximum Gasteiger partial charge on any atom is 0.362 e. The van der Waals surface area contributed by atoms with Gasteiger partial charge < -0.3 is 4.74 Å². The van der Waals surface area contributed by atoms with E-state index in [1.165, 1.54) is 19.5 Å². The van der Waals surface area contributed by atoms with E-state index in [2.05, 4.69) is 14.7 Å². The molecule has 0 aliphatic rings. The molecule has 1 radical (unpaired) electrons. The molecule has 5 heteroatoms. The summed E-state index contributed by atoms with van der Waals surface area (Å²) in [6.45, 7) is 0. The van der Waals surface area contributed by atoms with Crippen molar-refractivity contribution in [2.75, 3.05) is 7.11 Å². The third-order valence-corrected chi connectivity index (χ3v) is 1.04. The molecule has 1 aromatic rings. The second-order valence-electron chi connectivity index (χ2n) is 1.70. The fraction of sp³-hybridized carbons (Fsp3) is 0.167. The Morgan fingerprint density at radius 3 is 2.64 bits per heavy atom. The van der Waals surface area contributed by atoms with E-state index >= 15 is 0 Å². The number of hydrogen-bond acceptors (Lipinski definition) is 4. The van der Waals surface area contributed by atoms with Gasteiger partial charge in [0.1, 0.15) is 0 Å². The van der Waals surface area contributed by atoms with Gasteiger partial charge in [-0.2, -0.15) is 0 Å². The van der Waals surface area contributed by atoms with Gasteiger partial charge >= 0.3 is 11.8 Å². The zero-order valence-corrected chi connectivity index (χ0v) is 5.77. The Kier molecular flexibility index (Phi) is 2.00. The van der Waals surface area contributed by atoms with Crippen molar-refractivity contribution in [3.05, 3.63) is 18.1 Å². The van der Waals surface area contributed by atoms with Gasteiger partial charge in [-0.05, 0) is 0 Å². The van der Waals surface area contributed by atoms with Crippen LogP contribution in [0.1, 0.15) is 10.5 Å². The fourth-order valence-electron chi connectivity index (χ4n) is 0.562. The zero-order chi connectivity index (χ0) is 8.27. The van der Waals surface area contributed by atoms with Crippen LogP contribution in [0.4, 0.5) is 0 Å². The SMILES string of the molecule is COC(=O)c1nccnc1[O]. The van der Waals surface area contributed by atoms with Crippen molar-refractivity contribution >= 4 is 5.97 Å². The second-order valence-corrected chi connectivity index (χ2v) is 1.70. The molecule has 0 bridgehead atoms. The standard InChI is InChI=1S/C6H5N2O3/c1-11-6(10)4-5(9)8-3-2-7-4/h2-3H,1H3. The molecule has 1 rings (SSSR count). The topological polar surface area (TPSA) is 72.0 Å². The van der Waals surface area contributed by atoms with Crippen LogP contribution in [-0.2, 0) is 9.84 Å². The Morgan fingerprint density at radius 1 is 1.45 bits per heavy atom. The minimum atomic E-state index is -0.761. The van der Waals surface area contributed by atoms with Crippen LogP contribution in [0.15, 0.2) is 12.4 Å². The minimum absolute atomic E-state index is 0.282. The van der Waals surface area contributed by atoms with E-state index in [1.807, 2.05) is 0 Å². The predicted molar refractivity (Wildman–Crippen MR) is 33.5 cm³/mol. The van der Waals surface area contributed by atoms with Crippen molar-refractivity contribution in [2.45, 2.75) is 0 Å². The molecule has 0 saturated carbocycles. The lowest BCUT2D eigenvalue weighted by molar-refractivity contribution is 0.0587. The highest BCUT2D eigenvalue weighted by molar-refractivity contribution is 5.89. The van der Waals surface area contributed by atoms with Gasteiger partial charge in [0.2, 0.25) is 5.69 Å². The van der Waals surface area contributed by atoms with E-state index in [1.54, 1.807) is 0 Å². The van der Waals surface area contributed by atoms with E-state index in [-0.39, 0.29) is 5.69 Å². The molecule has 5 nitrogen and oxygen atoms in total. The lowest BCUT2D eigenvalue weighted by Crippen LogP contribution is -2.04. The number of carbonyl (C=O) groups excluding carboxylic acids is 1. The first-order chi connectivity index (χ1) is 5.25. The van der Waals surface area contributed by atoms with Crippen molar-refractivity contribution in [2.24, 2.45) is 0 Å². The molecule has 0 spiro atoms. The van der Waals surface area contributed by atoms with Crippen LogP contribution in [0.5, 0.6) is 5.88 Å². The van der Waals surface area contributed by atoms with Crippen molar-refractivity contribution < 1.29 is 14.6 Å². The quantitative estimate of drug-likeness (QED) is 0.547. The minimum Gasteiger partial charge on any atom is -0.464 e. The maximum atomic E-state index is 10.7. The summed E-state index contributed by atoms with van der Waals surface area (Å²) in [5.41, 5.74) is -0.282. The molecule has 11 heavy (non-hydrogen) atoms. The van der Waals surface area contributed by atoms with Gasteiger partial charge in [-0.1, -0.05) is 0 Å². The highest BCUT2D eigenvalue weighted by Crippen LogP contribution is 2.09. The molecular weight excluding hydrogens is 148 g/mol. The van der Waals surface area contributed by atoms with E-state index in [4.69, 9.17) is 0 Å². The Labute approximate surface area is 62.7 Å². The molecule has 0 unspecified atom stereocenters. The molecular formula is C6H5N2O3. The normalized spacial score (nSPS) is 9.18. The summed E-state index contributed by atoms with van der Waals surface area (Å²) in [4.78, 5) is 17.5. The molecule has 57 valence electrons. The monoisotopic (exact) mass is 153 g/mol. The van der Waals surface area contributed by atoms with Gasteiger partial charge in [-0.15, -0.1) is 0 Å². The molecule has 0 aliphatic carbocycles. The largest absolute Gasteiger partial charge is 0.464 e. The Hall–Kier alpha value is -1.65. The highest BCUT2D eigenvalue weighted by Gasteiger charge is 2.14. The molecule has 1 aromatic heterocycles. The highest BCUT2D eigenvalue weighted by atomic mass is 16.5. The van der Waals surface area contributed by atoms with Gasteiger partial charge in [0.15, 0.2) is 0 Å². The van der Waals surface area contributed by atoms with Crippen molar-refractivity contribution in [3.63, 3.8) is 0 Å². The average molecular weight is 153 g/mol. The van der Waals surface area contributed by atoms with Crippen molar-refractivity contribution in [1.82, 2.24) is 9.97 Å². The summed E-state index contributed by atoms with van der Waals surface area (Å²) in [6, 6.07) is 0. The summed E-state index contributed by atoms with van der Waals surface area (Å²) in [6.07, 6.45) is 2.47. The van der Waals surface area contributed by atoms with Gasteiger partial charge in [0.05, 0.1) is 7.11 Å². The molecule has 0 amide bonds. The Balaban J connectivity index is 3.03. The third-order valence-electron chi connectivity index (χ3n) is 1.04. The van der Waals surface area contributed by atoms with Gasteiger partial charge in [0, 0.05) is 12.4 Å². The summed E-state index contributed by atoms with van der Waals surface area (Å²) in [5.74, 6) is -1.43. The molecule has 0 saturated heterocycles. The average Bonchev–Trinajstić information content (AvgIpc) is 2.04. The van der Waals surface area contributed by atoms with Gasteiger partial charge in [-0.3, -0.25) is 5.11 Å². The van der Waals surface area contributed by atoms with Crippen molar-refractivity contribution in [3.8, 4) is 5.88 Å². The number of aromatic nitrogens is 2. The van der Waals surface area contributed by atoms with Gasteiger partial charge in [0.25, 0.3) is 0 Å². The molecule has 0 aliphatic heterocycles. The molecule has 0 aromatic carbocycles. The number of ether oxygens (including phenoxy) is 1. The molecule has 0 N–H and O–H groups in total. The van der Waals surface area contributed by atoms with Crippen LogP contribution in [-0.4, -0.2) is 23.0 Å². The summed E-state index contributed by atoms with van der Waals surface area (Å²) >= 11 is 0. The third kappa shape index (κ3) is 1.43. The lowest BCUT2D eigenvalue weighted by atomic mass is 10.4. The number of carbonyl (C=O) groups is 1. The van der Waals surface area contributed by atoms with Crippen LogP contribution >= 0.6 is 0 Å². The summed E-state index contributed by atoms with van der Waals surface area (Å²) in [7, 11) is 1.18. The van der Waals surface area contributed by atoms with E-state index < -0.39 is 11.8 Å². The van der Waals surface area contributed by atoms with Crippen LogP contribution in [0.25, 0.3) is 0 Å². The maximum absolute atomic E-state index is 10.7. The van der Waals surface area contributed by atoms with Crippen LogP contribution < -0.4 is 0 Å². The summed E-state index contributed by atoms with van der Waals surface area (Å²) in [5, 5.41) is 10.7. The van der Waals surface area contributed by atoms with E-state index in [0.29, 0.717) is 0 Å². The molecule has 1 heterocycles. The predicted octanol–water partition coefficient (Wildman–Crippen LogP) is 0.407. The van der Waals surface area contributed by atoms with Crippen LogP contribution in [0.3, 0.4) is 0 Å². The van der Waals surface area contributed by atoms with E-state index in [9.17, 15) is 9.90 Å². The first-order valence-electron chi connectivity index (χ1n) is 2.82. The number of hydrogen-bond donors (Lipinski definition) is 0. The zero-order valence-electron chi connectivity index (χ0n) is 5.77. The number of nitrogens with zero attached hydrogens (tertiary/aromatic N) is 2. The summed E-state index contributed by atoms with van der Waals surface area (Å²) < 4.78 is 4.28. The van der Waals surface area contributed by atoms with Crippen LogP contribution in [0, 0.1) is 0 Å². The van der Waals surface area contributed by atoms with Crippen LogP contribution in [0.2, 0.25) is 0 Å². The lowest BCUT2D eigenvalue weighted by Gasteiger charge is -1.95. The molecule has 0 fully saturated rings. The van der Waals surface area contributed by atoms with Gasteiger partial charge in [-0.25, -0.2) is 14.8 Å². The number of esters is 1. The fourth-order valence-corrected chi connectivity index (χ4v) is 0.562. The number of rotatable bonds is 1. The first-order valence-corrected chi connectivity index (χ1v) is 2.82. The molecule has 0 atom stereocenters. The second kappa shape index (κ2) is 2.96. The Bertz CT molecular complexity index is 274. The number of methoxy groups -OCH3 is 1. The first kappa shape index (κ1) is 7.46. The van der Waals surface area contributed by atoms with E-state index in [0.717, 1.165) is 0 Å².